The maximum absolute atomic E-state index is 15.1. The highest BCUT2D eigenvalue weighted by molar-refractivity contribution is 8.08. The topological polar surface area (TPSA) is 183 Å². The molecule has 14 rings (SSSR count). The van der Waals surface area contributed by atoms with Gasteiger partial charge in [0.25, 0.3) is 14.1 Å². The van der Waals surface area contributed by atoms with Gasteiger partial charge in [0.15, 0.2) is 0 Å². The number of nitrogens with one attached hydrogen (secondary N) is 3. The molecule has 0 fully saturated rings. The van der Waals surface area contributed by atoms with Crippen LogP contribution in [-0.4, -0.2) is 87.9 Å². The number of amides is 3. The van der Waals surface area contributed by atoms with E-state index in [0.29, 0.717) is 74.6 Å². The van der Waals surface area contributed by atoms with Gasteiger partial charge in [-0.1, -0.05) is 72.8 Å². The molecular formula is C69H62FN9O8P2. The summed E-state index contributed by atoms with van der Waals surface area (Å²) in [5.74, 6) is 0.410. The maximum atomic E-state index is 15.1. The Hall–Kier alpha value is -9.47. The molecule has 0 spiro atoms. The highest BCUT2D eigenvalue weighted by atomic mass is 32.0. The molecule has 0 radical (unpaired) electrons. The third kappa shape index (κ3) is 10.7. The van der Waals surface area contributed by atoms with Crippen LogP contribution in [0, 0.1) is 0 Å². The van der Waals surface area contributed by atoms with Crippen LogP contribution in [0.3, 0.4) is 0 Å². The molecule has 0 bridgehead atoms. The molecule has 3 N–H and O–H groups in total. The Bertz CT molecular complexity index is 4200. The number of hydrogen-bond donors (Lipinski definition) is 3. The lowest BCUT2D eigenvalue weighted by Crippen LogP contribution is -2.43. The summed E-state index contributed by atoms with van der Waals surface area (Å²) in [6, 6.07) is 55.2. The molecule has 17 nitrogen and oxygen atoms in total. The van der Waals surface area contributed by atoms with Crippen molar-refractivity contribution < 1.29 is 42.1 Å². The Morgan fingerprint density at radius 1 is 0.607 bits per heavy atom. The molecule has 0 saturated carbocycles. The van der Waals surface area contributed by atoms with Crippen molar-refractivity contribution in [3.05, 3.63) is 226 Å². The number of ether oxygens (including phenoxy) is 3. The summed E-state index contributed by atoms with van der Waals surface area (Å²) in [4.78, 5) is 67.6. The first-order valence-corrected chi connectivity index (χ1v) is 32.3. The molecule has 448 valence electrons. The van der Waals surface area contributed by atoms with Gasteiger partial charge in [-0.05, 0) is 176 Å². The molecule has 4 unspecified atom stereocenters. The second-order valence-corrected chi connectivity index (χ2v) is 24.6. The second-order valence-electron chi connectivity index (χ2n) is 22.6. The summed E-state index contributed by atoms with van der Waals surface area (Å²) in [7, 11) is 2.76. The van der Waals surface area contributed by atoms with Crippen molar-refractivity contribution in [3.63, 3.8) is 0 Å². The van der Waals surface area contributed by atoms with Gasteiger partial charge in [0.1, 0.15) is 41.6 Å². The van der Waals surface area contributed by atoms with Crippen molar-refractivity contribution in [2.24, 2.45) is 10.2 Å². The highest BCUT2D eigenvalue weighted by Gasteiger charge is 2.42. The van der Waals surface area contributed by atoms with E-state index in [4.69, 9.17) is 18.7 Å². The van der Waals surface area contributed by atoms with Gasteiger partial charge >= 0.3 is 5.97 Å². The number of fused-ring (bicyclic) bond motifs is 9. The van der Waals surface area contributed by atoms with Gasteiger partial charge in [0.05, 0.1) is 32.1 Å². The Morgan fingerprint density at radius 3 is 1.76 bits per heavy atom. The van der Waals surface area contributed by atoms with Gasteiger partial charge in [-0.15, -0.1) is 0 Å². The molecule has 4 atom stereocenters. The number of aromatic nitrogens is 1. The van der Waals surface area contributed by atoms with Crippen LogP contribution in [0.25, 0.3) is 10.9 Å². The van der Waals surface area contributed by atoms with Crippen LogP contribution in [0.5, 0.6) is 11.5 Å². The Labute approximate surface area is 516 Å². The normalized spacial score (nSPS) is 16.5. The van der Waals surface area contributed by atoms with Crippen molar-refractivity contribution in [1.29, 1.82) is 0 Å². The molecular weight excluding hydrogens is 1160 g/mol. The zero-order chi connectivity index (χ0) is 60.9. The number of aromatic amines is 1. The van der Waals surface area contributed by atoms with E-state index in [1.54, 1.807) is 19.1 Å². The number of H-pyrrole nitrogens is 1. The zero-order valence-electron chi connectivity index (χ0n) is 48.8. The summed E-state index contributed by atoms with van der Waals surface area (Å²) < 4.78 is 37.1. The molecule has 20 heteroatoms. The second kappa shape index (κ2) is 23.9. The third-order valence-electron chi connectivity index (χ3n) is 17.8. The molecule has 0 aliphatic carbocycles. The SMILES string of the molecule is COc1ccc(C(OCN(CC(=O)N2CCc3c2ccc2c3CC(C(=O)N3CCc4c3ccc3[nH]c(C(=O)N5CCc6c5ccc5c6CC(C(=O)OP(F)P)N5)cc43)N2)c2ccc(N=Nc3ccccc3)cc2)(c2ccccc2)c2ccc(OC)cc2)cc1. The van der Waals surface area contributed by atoms with Crippen molar-refractivity contribution >= 4 is 97.2 Å². The summed E-state index contributed by atoms with van der Waals surface area (Å²) in [5, 5.41) is 16.6. The predicted octanol–water partition coefficient (Wildman–Crippen LogP) is 13.0. The van der Waals surface area contributed by atoms with Gasteiger partial charge in [-0.3, -0.25) is 14.4 Å². The van der Waals surface area contributed by atoms with Gasteiger partial charge in [0.2, 0.25) is 11.8 Å². The van der Waals surface area contributed by atoms with E-state index >= 15 is 4.79 Å². The molecule has 9 aromatic rings. The quantitative estimate of drug-likeness (QED) is 0.0341. The smallest absolute Gasteiger partial charge is 0.333 e. The lowest BCUT2D eigenvalue weighted by Gasteiger charge is -2.38. The van der Waals surface area contributed by atoms with E-state index in [0.717, 1.165) is 95.2 Å². The van der Waals surface area contributed by atoms with E-state index < -0.39 is 31.8 Å². The van der Waals surface area contributed by atoms with Crippen LogP contribution in [0.1, 0.15) is 55.0 Å². The van der Waals surface area contributed by atoms with Gasteiger partial charge in [0, 0.05) is 77.5 Å². The molecule has 6 heterocycles. The maximum Gasteiger partial charge on any atom is 0.333 e. The van der Waals surface area contributed by atoms with E-state index in [-0.39, 0.29) is 31.0 Å². The van der Waals surface area contributed by atoms with Crippen LogP contribution < -0.4 is 39.7 Å². The van der Waals surface area contributed by atoms with Gasteiger partial charge in [-0.25, -0.2) is 4.79 Å². The standard InChI is InChI=1S/C69H62FN9O8P2/c1-84-48-21-13-43(14-22-48)69(42-9-5-3-6-10-42,44-15-23-49(85-2)24-16-44)86-41-76(47-19-17-46(18-20-47)75-74-45-11-7-4-8-12-45)40-65(80)77-34-31-50-53-37-59(71-56(53)25-28-62(50)77)66(81)78-35-32-51-54-38-60(72-57(54)26-29-63(51)78)67(82)79-36-33-52-55-39-61(68(83)87-89(70)88)73-58(55)27-30-64(52)79/h3-30,38,59,61,71-73H,31-37,39-41,88H2,1-2H3. The monoisotopic (exact) mass is 1230 g/mol. The average Bonchev–Trinajstić information content (AvgIpc) is 1.87. The lowest BCUT2D eigenvalue weighted by molar-refractivity contribution is -0.134. The predicted molar refractivity (Wildman–Crippen MR) is 347 cm³/mol. The van der Waals surface area contributed by atoms with Crippen LogP contribution in [0.2, 0.25) is 0 Å². The molecule has 3 amide bonds. The fourth-order valence-corrected chi connectivity index (χ4v) is 14.1. The Balaban J connectivity index is 0.700. The number of methoxy groups -OCH3 is 2. The number of carbonyl (C=O) groups is 4. The number of anilines is 6. The van der Waals surface area contributed by atoms with Crippen molar-refractivity contribution in [1.82, 2.24) is 4.98 Å². The zero-order valence-corrected chi connectivity index (χ0v) is 50.9. The number of azo groups is 1. The first-order valence-electron chi connectivity index (χ1n) is 29.6. The number of hydrogen-bond acceptors (Lipinski definition) is 13. The fourth-order valence-electron chi connectivity index (χ4n) is 13.5. The molecule has 0 saturated heterocycles. The largest absolute Gasteiger partial charge is 0.497 e. The highest BCUT2D eigenvalue weighted by Crippen LogP contribution is 2.49. The Kier molecular flexibility index (Phi) is 15.4. The minimum atomic E-state index is -2.41. The number of carbonyl (C=O) groups excluding carboxylic acids is 4. The molecule has 5 aliphatic heterocycles. The first kappa shape index (κ1) is 57.3. The van der Waals surface area contributed by atoms with E-state index in [1.165, 1.54) is 0 Å². The number of rotatable bonds is 17. The van der Waals surface area contributed by atoms with E-state index in [2.05, 4.69) is 25.8 Å². The first-order chi connectivity index (χ1) is 43.4. The minimum Gasteiger partial charge on any atom is -0.497 e. The molecule has 89 heavy (non-hydrogen) atoms. The minimum absolute atomic E-state index is 0.0160. The fraction of sp³-hybridized carbons (Fsp3) is 0.217. The van der Waals surface area contributed by atoms with Crippen LogP contribution >= 0.6 is 17.1 Å². The van der Waals surface area contributed by atoms with Crippen molar-refractivity contribution in [2.75, 3.05) is 77.4 Å². The lowest BCUT2D eigenvalue weighted by atomic mass is 9.80. The van der Waals surface area contributed by atoms with Crippen LogP contribution in [0.4, 0.5) is 49.7 Å². The van der Waals surface area contributed by atoms with Gasteiger partial charge in [-0.2, -0.15) is 14.4 Å². The summed E-state index contributed by atoms with van der Waals surface area (Å²) in [6.07, 6.45) is 2.67. The van der Waals surface area contributed by atoms with Crippen molar-refractivity contribution in [2.45, 2.75) is 49.8 Å². The molecule has 1 aromatic heterocycles. The van der Waals surface area contributed by atoms with Crippen LogP contribution in [0.15, 0.2) is 186 Å². The van der Waals surface area contributed by atoms with E-state index in [9.17, 15) is 18.6 Å². The van der Waals surface area contributed by atoms with Crippen molar-refractivity contribution in [3.8, 4) is 11.5 Å². The van der Waals surface area contributed by atoms with Crippen LogP contribution in [-0.2, 0) is 61.3 Å². The third-order valence-corrected chi connectivity index (χ3v) is 18.5. The summed E-state index contributed by atoms with van der Waals surface area (Å²) in [6.45, 7) is 1.36. The summed E-state index contributed by atoms with van der Waals surface area (Å²) in [5.41, 5.74) is 13.9. The molecule has 8 aromatic carbocycles. The van der Waals surface area contributed by atoms with Gasteiger partial charge < -0.3 is 54.0 Å². The average molecular weight is 1230 g/mol. The Morgan fingerprint density at radius 2 is 1.13 bits per heavy atom. The number of nitrogens with zero attached hydrogens (tertiary/aromatic N) is 6. The molecule has 5 aliphatic rings. The number of halogens is 1. The number of benzene rings is 8. The summed E-state index contributed by atoms with van der Waals surface area (Å²) >= 11 is 0. The van der Waals surface area contributed by atoms with E-state index in [1.807, 2.05) is 200 Å².